The molecular formula is C10H11F3N2O2. The quantitative estimate of drug-likeness (QED) is 0.894. The van der Waals surface area contributed by atoms with Crippen LogP contribution in [-0.2, 0) is 6.42 Å². The van der Waals surface area contributed by atoms with Crippen LogP contribution in [0.5, 0.6) is 0 Å². The van der Waals surface area contributed by atoms with E-state index < -0.39 is 18.7 Å². The van der Waals surface area contributed by atoms with Crippen molar-refractivity contribution in [2.24, 2.45) is 0 Å². The number of hydrogen-bond donors (Lipinski definition) is 1. The second-order valence-electron chi connectivity index (χ2n) is 3.46. The minimum atomic E-state index is -4.24. The summed E-state index contributed by atoms with van der Waals surface area (Å²) in [4.78, 5) is 15.3. The van der Waals surface area contributed by atoms with E-state index >= 15 is 0 Å². The van der Waals surface area contributed by atoms with Crippen molar-refractivity contribution in [1.29, 1.82) is 0 Å². The molecule has 1 aromatic rings. The molecule has 0 unspecified atom stereocenters. The summed E-state index contributed by atoms with van der Waals surface area (Å²) in [5, 5.41) is 8.71. The number of anilines is 1. The van der Waals surface area contributed by atoms with Crippen molar-refractivity contribution in [1.82, 2.24) is 4.98 Å². The standard InChI is InChI=1S/C10H11F3N2O2/c1-15(9(16)17)8-3-5-14-7(6-8)2-4-10(11,12)13/h3,5-6H,2,4H2,1H3,(H,16,17). The molecule has 7 heteroatoms. The van der Waals surface area contributed by atoms with Crippen molar-refractivity contribution in [3.8, 4) is 0 Å². The second kappa shape index (κ2) is 5.03. The molecule has 94 valence electrons. The first kappa shape index (κ1) is 13.3. The lowest BCUT2D eigenvalue weighted by molar-refractivity contribution is -0.134. The van der Waals surface area contributed by atoms with E-state index in [1.54, 1.807) is 0 Å². The molecule has 0 aliphatic rings. The van der Waals surface area contributed by atoms with E-state index in [1.807, 2.05) is 0 Å². The van der Waals surface area contributed by atoms with Crippen molar-refractivity contribution in [2.75, 3.05) is 11.9 Å². The van der Waals surface area contributed by atoms with Gasteiger partial charge < -0.3 is 5.11 Å². The molecule has 0 aliphatic carbocycles. The molecule has 1 rings (SSSR count). The molecule has 4 nitrogen and oxygen atoms in total. The summed E-state index contributed by atoms with van der Waals surface area (Å²) in [7, 11) is 1.31. The molecule has 0 atom stereocenters. The van der Waals surface area contributed by atoms with Gasteiger partial charge in [-0.1, -0.05) is 0 Å². The first-order valence-electron chi connectivity index (χ1n) is 4.78. The Labute approximate surface area is 95.7 Å². The molecule has 1 amide bonds. The molecule has 0 saturated heterocycles. The number of nitrogens with zero attached hydrogens (tertiary/aromatic N) is 2. The maximum absolute atomic E-state index is 12.0. The van der Waals surface area contributed by atoms with E-state index in [2.05, 4.69) is 4.98 Å². The molecular weight excluding hydrogens is 237 g/mol. The van der Waals surface area contributed by atoms with E-state index in [4.69, 9.17) is 5.11 Å². The Balaban J connectivity index is 2.76. The molecule has 1 aromatic heterocycles. The Hall–Kier alpha value is -1.79. The van der Waals surface area contributed by atoms with E-state index in [9.17, 15) is 18.0 Å². The first-order valence-corrected chi connectivity index (χ1v) is 4.78. The van der Waals surface area contributed by atoms with Gasteiger partial charge in [-0.15, -0.1) is 0 Å². The molecule has 0 aromatic carbocycles. The predicted molar refractivity (Wildman–Crippen MR) is 55.0 cm³/mol. The second-order valence-corrected chi connectivity index (χ2v) is 3.46. The summed E-state index contributed by atoms with van der Waals surface area (Å²) in [6.07, 6.45) is -5.36. The van der Waals surface area contributed by atoms with Gasteiger partial charge in [-0.2, -0.15) is 13.2 Å². The molecule has 1 heterocycles. The molecule has 0 aliphatic heterocycles. The summed E-state index contributed by atoms with van der Waals surface area (Å²) >= 11 is 0. The molecule has 1 N–H and O–H groups in total. The lowest BCUT2D eigenvalue weighted by Crippen LogP contribution is -2.23. The molecule has 0 bridgehead atoms. The van der Waals surface area contributed by atoms with Gasteiger partial charge in [0.1, 0.15) is 0 Å². The molecule has 0 fully saturated rings. The number of carbonyl (C=O) groups is 1. The van der Waals surface area contributed by atoms with Gasteiger partial charge in [-0.25, -0.2) is 4.79 Å². The third kappa shape index (κ3) is 4.29. The van der Waals surface area contributed by atoms with E-state index in [0.29, 0.717) is 5.69 Å². The van der Waals surface area contributed by atoms with Crippen LogP contribution < -0.4 is 4.90 Å². The highest BCUT2D eigenvalue weighted by Crippen LogP contribution is 2.22. The van der Waals surface area contributed by atoms with E-state index in [1.165, 1.54) is 25.4 Å². The van der Waals surface area contributed by atoms with Crippen molar-refractivity contribution in [3.05, 3.63) is 24.0 Å². The highest BCUT2D eigenvalue weighted by Gasteiger charge is 2.26. The van der Waals surface area contributed by atoms with E-state index in [0.717, 1.165) is 4.90 Å². The molecule has 17 heavy (non-hydrogen) atoms. The van der Waals surface area contributed by atoms with Crippen molar-refractivity contribution >= 4 is 11.8 Å². The monoisotopic (exact) mass is 248 g/mol. The Morgan fingerprint density at radius 2 is 2.18 bits per heavy atom. The predicted octanol–water partition coefficient (Wildman–Crippen LogP) is 2.69. The van der Waals surface area contributed by atoms with Crippen LogP contribution in [0.25, 0.3) is 0 Å². The van der Waals surface area contributed by atoms with Gasteiger partial charge in [0.2, 0.25) is 0 Å². The third-order valence-electron chi connectivity index (χ3n) is 2.14. The van der Waals surface area contributed by atoms with Crippen LogP contribution in [0.15, 0.2) is 18.3 Å². The fraction of sp³-hybridized carbons (Fsp3) is 0.400. The first-order chi connectivity index (χ1) is 7.79. The number of aromatic nitrogens is 1. The van der Waals surface area contributed by atoms with Gasteiger partial charge in [0.05, 0.1) is 5.69 Å². The van der Waals surface area contributed by atoms with Gasteiger partial charge in [0.15, 0.2) is 0 Å². The summed E-state index contributed by atoms with van der Waals surface area (Å²) in [5.74, 6) is 0. The van der Waals surface area contributed by atoms with Crippen molar-refractivity contribution in [3.63, 3.8) is 0 Å². The topological polar surface area (TPSA) is 53.4 Å². The average molecular weight is 248 g/mol. The fourth-order valence-electron chi connectivity index (χ4n) is 1.19. The zero-order chi connectivity index (χ0) is 13.1. The molecule has 0 radical (unpaired) electrons. The zero-order valence-electron chi connectivity index (χ0n) is 9.03. The van der Waals surface area contributed by atoms with E-state index in [-0.39, 0.29) is 12.1 Å². The van der Waals surface area contributed by atoms with Crippen LogP contribution in [-0.4, -0.2) is 29.4 Å². The van der Waals surface area contributed by atoms with Crippen LogP contribution in [0.4, 0.5) is 23.7 Å². The summed E-state index contributed by atoms with van der Waals surface area (Å²) in [5.41, 5.74) is 0.512. The highest BCUT2D eigenvalue weighted by molar-refractivity contribution is 5.85. The number of aryl methyl sites for hydroxylation is 1. The van der Waals surface area contributed by atoms with Gasteiger partial charge in [-0.05, 0) is 18.6 Å². The SMILES string of the molecule is CN(C(=O)O)c1ccnc(CCC(F)(F)F)c1. The number of carboxylic acid groups (broad SMARTS) is 1. The fourth-order valence-corrected chi connectivity index (χ4v) is 1.19. The van der Waals surface area contributed by atoms with Crippen LogP contribution in [0, 0.1) is 0 Å². The number of amides is 1. The van der Waals surface area contributed by atoms with Crippen LogP contribution in [0.1, 0.15) is 12.1 Å². The van der Waals surface area contributed by atoms with Gasteiger partial charge in [0.25, 0.3) is 0 Å². The van der Waals surface area contributed by atoms with Crippen molar-refractivity contribution in [2.45, 2.75) is 19.0 Å². The third-order valence-corrected chi connectivity index (χ3v) is 2.14. The average Bonchev–Trinajstić information content (AvgIpc) is 2.24. The van der Waals surface area contributed by atoms with Gasteiger partial charge in [-0.3, -0.25) is 9.88 Å². The zero-order valence-corrected chi connectivity index (χ0v) is 9.03. The number of alkyl halides is 3. The van der Waals surface area contributed by atoms with Crippen molar-refractivity contribution < 1.29 is 23.1 Å². The van der Waals surface area contributed by atoms with Crippen LogP contribution in [0.2, 0.25) is 0 Å². The lowest BCUT2D eigenvalue weighted by Gasteiger charge is -2.13. The van der Waals surface area contributed by atoms with Gasteiger partial charge >= 0.3 is 12.3 Å². The maximum Gasteiger partial charge on any atom is 0.411 e. The Bertz CT molecular complexity index is 407. The number of pyridine rings is 1. The number of halogens is 3. The Morgan fingerprint density at radius 3 is 2.71 bits per heavy atom. The number of rotatable bonds is 3. The maximum atomic E-state index is 12.0. The molecule has 0 spiro atoms. The number of hydrogen-bond acceptors (Lipinski definition) is 2. The summed E-state index contributed by atoms with van der Waals surface area (Å²) < 4.78 is 36.0. The summed E-state index contributed by atoms with van der Waals surface area (Å²) in [6, 6.07) is 2.76. The van der Waals surface area contributed by atoms with Crippen LogP contribution >= 0.6 is 0 Å². The lowest BCUT2D eigenvalue weighted by atomic mass is 10.2. The Morgan fingerprint density at radius 1 is 1.53 bits per heavy atom. The minimum Gasteiger partial charge on any atom is -0.465 e. The molecule has 0 saturated carbocycles. The Kier molecular flexibility index (Phi) is 3.93. The highest BCUT2D eigenvalue weighted by atomic mass is 19.4. The smallest absolute Gasteiger partial charge is 0.411 e. The minimum absolute atomic E-state index is 0.216. The van der Waals surface area contributed by atoms with Crippen LogP contribution in [0.3, 0.4) is 0 Å². The summed E-state index contributed by atoms with van der Waals surface area (Å²) in [6.45, 7) is 0. The largest absolute Gasteiger partial charge is 0.465 e. The van der Waals surface area contributed by atoms with Gasteiger partial charge in [0, 0.05) is 25.4 Å². The normalized spacial score (nSPS) is 11.3.